The molecule has 0 spiro atoms. The van der Waals surface area contributed by atoms with Crippen molar-refractivity contribution in [3.05, 3.63) is 77.4 Å². The average Bonchev–Trinajstić information content (AvgIpc) is 2.55. The minimum atomic E-state index is 0.251. The summed E-state index contributed by atoms with van der Waals surface area (Å²) in [5.74, 6) is 0.525. The van der Waals surface area contributed by atoms with Crippen molar-refractivity contribution in [3.63, 3.8) is 0 Å². The number of fused-ring (bicyclic) bond motifs is 2. The first-order valence-electron chi connectivity index (χ1n) is 7.48. The lowest BCUT2D eigenvalue weighted by atomic mass is 9.84. The first-order chi connectivity index (χ1) is 10.8. The summed E-state index contributed by atoms with van der Waals surface area (Å²) in [6.07, 6.45) is 3.94. The van der Waals surface area contributed by atoms with Crippen LogP contribution in [0.15, 0.2) is 60.7 Å². The first-order valence-corrected chi connectivity index (χ1v) is 7.48. The number of aromatic hydroxyl groups is 2. The zero-order valence-corrected chi connectivity index (χ0v) is 12.1. The van der Waals surface area contributed by atoms with Crippen LogP contribution in [-0.4, -0.2) is 10.2 Å². The molecule has 2 N–H and O–H groups in total. The van der Waals surface area contributed by atoms with Crippen LogP contribution in [0, 0.1) is 0 Å². The van der Waals surface area contributed by atoms with Crippen molar-refractivity contribution in [3.8, 4) is 11.5 Å². The Bertz CT molecular complexity index is 907. The first kappa shape index (κ1) is 13.0. The molecule has 0 saturated heterocycles. The highest BCUT2D eigenvalue weighted by Crippen LogP contribution is 2.43. The Morgan fingerprint density at radius 3 is 2.45 bits per heavy atom. The molecule has 0 amide bonds. The summed E-state index contributed by atoms with van der Waals surface area (Å²) < 4.78 is 0. The Morgan fingerprint density at radius 1 is 0.727 bits per heavy atom. The van der Waals surface area contributed by atoms with Crippen molar-refractivity contribution in [2.45, 2.75) is 12.8 Å². The Hall–Kier alpha value is -2.74. The standard InChI is InChI=1S/C20H16O2/c21-17-10-4-7-14-6-3-9-16(19(14)17)20-15-8-2-1-5-13(15)11-12-18(20)22/h1-2,4-5,7-12,21-22H,3,6H2. The van der Waals surface area contributed by atoms with E-state index in [9.17, 15) is 10.2 Å². The van der Waals surface area contributed by atoms with Crippen LogP contribution in [0.1, 0.15) is 23.1 Å². The zero-order chi connectivity index (χ0) is 15.1. The number of phenolic OH excluding ortho intramolecular Hbond substituents is 2. The van der Waals surface area contributed by atoms with Crippen LogP contribution in [0.25, 0.3) is 16.3 Å². The van der Waals surface area contributed by atoms with E-state index in [0.717, 1.165) is 45.9 Å². The predicted octanol–water partition coefficient (Wildman–Crippen LogP) is 4.63. The highest BCUT2D eigenvalue weighted by Gasteiger charge is 2.21. The van der Waals surface area contributed by atoms with Crippen LogP contribution in [0.4, 0.5) is 0 Å². The molecule has 2 heteroatoms. The van der Waals surface area contributed by atoms with Gasteiger partial charge in [-0.05, 0) is 46.9 Å². The summed E-state index contributed by atoms with van der Waals surface area (Å²) in [4.78, 5) is 0. The monoisotopic (exact) mass is 288 g/mol. The van der Waals surface area contributed by atoms with Gasteiger partial charge in [-0.25, -0.2) is 0 Å². The SMILES string of the molecule is Oc1cccc2c1C(c1c(O)ccc3ccccc13)=CCC2. The summed E-state index contributed by atoms with van der Waals surface area (Å²) in [5.41, 5.74) is 3.71. The summed E-state index contributed by atoms with van der Waals surface area (Å²) in [6.45, 7) is 0. The zero-order valence-electron chi connectivity index (χ0n) is 12.1. The van der Waals surface area contributed by atoms with E-state index in [0.29, 0.717) is 0 Å². The minimum Gasteiger partial charge on any atom is -0.507 e. The largest absolute Gasteiger partial charge is 0.507 e. The molecule has 0 radical (unpaired) electrons. The minimum absolute atomic E-state index is 0.251. The number of benzene rings is 3. The van der Waals surface area contributed by atoms with E-state index in [1.807, 2.05) is 42.5 Å². The molecule has 22 heavy (non-hydrogen) atoms. The van der Waals surface area contributed by atoms with Crippen molar-refractivity contribution in [2.24, 2.45) is 0 Å². The summed E-state index contributed by atoms with van der Waals surface area (Å²) in [6, 6.07) is 17.3. The molecular weight excluding hydrogens is 272 g/mol. The Labute approximate surface area is 129 Å². The molecule has 0 atom stereocenters. The van der Waals surface area contributed by atoms with Crippen LogP contribution in [0.3, 0.4) is 0 Å². The molecular formula is C20H16O2. The van der Waals surface area contributed by atoms with Gasteiger partial charge in [-0.15, -0.1) is 0 Å². The lowest BCUT2D eigenvalue weighted by Crippen LogP contribution is -2.02. The van der Waals surface area contributed by atoms with E-state index < -0.39 is 0 Å². The molecule has 1 aliphatic rings. The molecule has 2 nitrogen and oxygen atoms in total. The quantitative estimate of drug-likeness (QED) is 0.685. The maximum atomic E-state index is 10.5. The fraction of sp³-hybridized carbons (Fsp3) is 0.100. The van der Waals surface area contributed by atoms with Crippen molar-refractivity contribution in [1.82, 2.24) is 0 Å². The second-order valence-electron chi connectivity index (χ2n) is 5.65. The summed E-state index contributed by atoms with van der Waals surface area (Å²) >= 11 is 0. The van der Waals surface area contributed by atoms with Gasteiger partial charge >= 0.3 is 0 Å². The van der Waals surface area contributed by atoms with Crippen LogP contribution >= 0.6 is 0 Å². The smallest absolute Gasteiger partial charge is 0.124 e. The van der Waals surface area contributed by atoms with Crippen LogP contribution < -0.4 is 0 Å². The Kier molecular flexibility index (Phi) is 2.90. The third-order valence-corrected chi connectivity index (χ3v) is 4.34. The third kappa shape index (κ3) is 1.88. The van der Waals surface area contributed by atoms with E-state index in [2.05, 4.69) is 6.08 Å². The molecule has 0 saturated carbocycles. The van der Waals surface area contributed by atoms with E-state index in [4.69, 9.17) is 0 Å². The topological polar surface area (TPSA) is 40.5 Å². The van der Waals surface area contributed by atoms with Crippen molar-refractivity contribution in [2.75, 3.05) is 0 Å². The van der Waals surface area contributed by atoms with Gasteiger partial charge in [0.15, 0.2) is 0 Å². The lowest BCUT2D eigenvalue weighted by molar-refractivity contribution is 0.470. The van der Waals surface area contributed by atoms with Gasteiger partial charge in [0.05, 0.1) is 0 Å². The molecule has 4 rings (SSSR count). The van der Waals surface area contributed by atoms with Gasteiger partial charge in [0.1, 0.15) is 11.5 Å². The second-order valence-corrected chi connectivity index (χ2v) is 5.65. The van der Waals surface area contributed by atoms with Gasteiger partial charge in [-0.2, -0.15) is 0 Å². The number of aryl methyl sites for hydroxylation is 1. The van der Waals surface area contributed by atoms with E-state index in [1.165, 1.54) is 0 Å². The van der Waals surface area contributed by atoms with Crippen LogP contribution in [-0.2, 0) is 6.42 Å². The van der Waals surface area contributed by atoms with Crippen LogP contribution in [0.5, 0.6) is 11.5 Å². The number of hydrogen-bond donors (Lipinski definition) is 2. The molecule has 0 aliphatic heterocycles. The fourth-order valence-electron chi connectivity index (χ4n) is 3.35. The number of phenols is 2. The van der Waals surface area contributed by atoms with Gasteiger partial charge in [0.2, 0.25) is 0 Å². The van der Waals surface area contributed by atoms with Gasteiger partial charge < -0.3 is 10.2 Å². The highest BCUT2D eigenvalue weighted by atomic mass is 16.3. The Morgan fingerprint density at radius 2 is 1.55 bits per heavy atom. The highest BCUT2D eigenvalue weighted by molar-refractivity contribution is 6.01. The van der Waals surface area contributed by atoms with Crippen molar-refractivity contribution >= 4 is 16.3 Å². The van der Waals surface area contributed by atoms with Gasteiger partial charge in [-0.3, -0.25) is 0 Å². The maximum Gasteiger partial charge on any atom is 0.124 e. The predicted molar refractivity (Wildman–Crippen MR) is 89.1 cm³/mol. The average molecular weight is 288 g/mol. The number of hydrogen-bond acceptors (Lipinski definition) is 2. The van der Waals surface area contributed by atoms with E-state index in [1.54, 1.807) is 12.1 Å². The molecule has 1 aliphatic carbocycles. The van der Waals surface area contributed by atoms with Gasteiger partial charge in [0, 0.05) is 11.1 Å². The summed E-state index contributed by atoms with van der Waals surface area (Å²) in [5, 5.41) is 22.9. The number of rotatable bonds is 1. The number of allylic oxidation sites excluding steroid dienone is 1. The normalized spacial score (nSPS) is 13.7. The third-order valence-electron chi connectivity index (χ3n) is 4.34. The molecule has 0 aromatic heterocycles. The van der Waals surface area contributed by atoms with E-state index >= 15 is 0 Å². The lowest BCUT2D eigenvalue weighted by Gasteiger charge is -2.21. The van der Waals surface area contributed by atoms with Gasteiger partial charge in [0.25, 0.3) is 0 Å². The maximum absolute atomic E-state index is 10.5. The molecule has 0 heterocycles. The molecule has 0 fully saturated rings. The summed E-state index contributed by atoms with van der Waals surface area (Å²) in [7, 11) is 0. The second kappa shape index (κ2) is 4.92. The van der Waals surface area contributed by atoms with E-state index in [-0.39, 0.29) is 11.5 Å². The van der Waals surface area contributed by atoms with Gasteiger partial charge in [-0.1, -0.05) is 48.5 Å². The molecule has 3 aromatic carbocycles. The van der Waals surface area contributed by atoms with Crippen LogP contribution in [0.2, 0.25) is 0 Å². The molecule has 0 bridgehead atoms. The Balaban J connectivity index is 2.06. The van der Waals surface area contributed by atoms with Crippen molar-refractivity contribution in [1.29, 1.82) is 0 Å². The fourth-order valence-corrected chi connectivity index (χ4v) is 3.35. The molecule has 108 valence electrons. The van der Waals surface area contributed by atoms with Crippen molar-refractivity contribution < 1.29 is 10.2 Å². The molecule has 3 aromatic rings. The molecule has 0 unspecified atom stereocenters.